The summed E-state index contributed by atoms with van der Waals surface area (Å²) in [5, 5.41) is 9.44. The third-order valence-electron chi connectivity index (χ3n) is 4.11. The molecule has 0 amide bonds. The van der Waals surface area contributed by atoms with E-state index in [1.165, 1.54) is 31.9 Å². The zero-order chi connectivity index (χ0) is 13.7. The highest BCUT2D eigenvalue weighted by molar-refractivity contribution is 5.31. The first kappa shape index (κ1) is 14.3. The monoisotopic (exact) mass is 265 g/mol. The number of nitrogens with zero attached hydrogens (tertiary/aromatic N) is 1. The second kappa shape index (κ2) is 6.90. The summed E-state index contributed by atoms with van der Waals surface area (Å²) in [5.41, 5.74) is 1.08. The van der Waals surface area contributed by atoms with E-state index in [4.69, 9.17) is 0 Å². The Morgan fingerprint density at radius 1 is 1.26 bits per heavy atom. The van der Waals surface area contributed by atoms with Crippen molar-refractivity contribution in [1.82, 2.24) is 4.90 Å². The Balaban J connectivity index is 1.84. The Hall–Kier alpha value is -1.09. The minimum atomic E-state index is -0.527. The lowest BCUT2D eigenvalue weighted by Crippen LogP contribution is -2.33. The summed E-state index contributed by atoms with van der Waals surface area (Å²) in [5.74, 6) is -0.280. The second-order valence-electron chi connectivity index (χ2n) is 5.53. The number of halogens is 1. The van der Waals surface area contributed by atoms with Crippen molar-refractivity contribution in [2.45, 2.75) is 44.9 Å². The Kier molecular flexibility index (Phi) is 5.20. The first-order chi connectivity index (χ1) is 9.20. The van der Waals surface area contributed by atoms with Crippen molar-refractivity contribution < 1.29 is 9.50 Å². The SMILES string of the molecule is CCCCCN1CCC(c2ccc(F)c(O)c2)CC1. The molecule has 106 valence electrons. The Labute approximate surface area is 115 Å². The number of phenols is 1. The average molecular weight is 265 g/mol. The van der Waals surface area contributed by atoms with E-state index in [9.17, 15) is 9.50 Å². The van der Waals surface area contributed by atoms with Crippen LogP contribution in [-0.2, 0) is 0 Å². The van der Waals surface area contributed by atoms with E-state index < -0.39 is 5.82 Å². The lowest BCUT2D eigenvalue weighted by Gasteiger charge is -2.32. The normalized spacial score (nSPS) is 17.8. The maximum Gasteiger partial charge on any atom is 0.164 e. The zero-order valence-electron chi connectivity index (χ0n) is 11.7. The first-order valence-electron chi connectivity index (χ1n) is 7.41. The number of benzene rings is 1. The largest absolute Gasteiger partial charge is 0.505 e. The molecular weight excluding hydrogens is 241 g/mol. The van der Waals surface area contributed by atoms with Crippen LogP contribution in [0, 0.1) is 5.82 Å². The highest BCUT2D eigenvalue weighted by Gasteiger charge is 2.20. The van der Waals surface area contributed by atoms with Crippen LogP contribution in [0.15, 0.2) is 18.2 Å². The topological polar surface area (TPSA) is 23.5 Å². The molecule has 0 unspecified atom stereocenters. The van der Waals surface area contributed by atoms with E-state index in [-0.39, 0.29) is 5.75 Å². The van der Waals surface area contributed by atoms with Crippen LogP contribution in [-0.4, -0.2) is 29.6 Å². The number of hydrogen-bond acceptors (Lipinski definition) is 2. The van der Waals surface area contributed by atoms with Gasteiger partial charge in [-0.1, -0.05) is 25.8 Å². The summed E-state index contributed by atoms with van der Waals surface area (Å²) in [7, 11) is 0. The Morgan fingerprint density at radius 2 is 2.00 bits per heavy atom. The molecule has 1 heterocycles. The second-order valence-corrected chi connectivity index (χ2v) is 5.53. The van der Waals surface area contributed by atoms with Gasteiger partial charge in [-0.2, -0.15) is 0 Å². The van der Waals surface area contributed by atoms with Gasteiger partial charge in [0.2, 0.25) is 0 Å². The lowest BCUT2D eigenvalue weighted by molar-refractivity contribution is 0.208. The number of rotatable bonds is 5. The van der Waals surface area contributed by atoms with Gasteiger partial charge >= 0.3 is 0 Å². The summed E-state index contributed by atoms with van der Waals surface area (Å²) in [6.45, 7) is 5.67. The molecule has 1 fully saturated rings. The number of hydrogen-bond donors (Lipinski definition) is 1. The molecule has 19 heavy (non-hydrogen) atoms. The number of likely N-dealkylation sites (tertiary alicyclic amines) is 1. The molecule has 0 radical (unpaired) electrons. The molecule has 0 bridgehead atoms. The maximum atomic E-state index is 13.0. The molecule has 0 saturated carbocycles. The summed E-state index contributed by atoms with van der Waals surface area (Å²) >= 11 is 0. The van der Waals surface area contributed by atoms with Crippen LogP contribution in [0.3, 0.4) is 0 Å². The minimum absolute atomic E-state index is 0.220. The fraction of sp³-hybridized carbons (Fsp3) is 0.625. The quantitative estimate of drug-likeness (QED) is 0.816. The fourth-order valence-corrected chi connectivity index (χ4v) is 2.86. The van der Waals surface area contributed by atoms with Gasteiger partial charge in [-0.15, -0.1) is 0 Å². The Morgan fingerprint density at radius 3 is 2.63 bits per heavy atom. The van der Waals surface area contributed by atoms with E-state index >= 15 is 0 Å². The number of aromatic hydroxyl groups is 1. The van der Waals surface area contributed by atoms with Crippen LogP contribution in [0.25, 0.3) is 0 Å². The predicted molar refractivity (Wildman–Crippen MR) is 76.0 cm³/mol. The van der Waals surface area contributed by atoms with Gasteiger partial charge in [0.15, 0.2) is 11.6 Å². The van der Waals surface area contributed by atoms with Crippen molar-refractivity contribution in [3.63, 3.8) is 0 Å². The molecule has 0 aromatic heterocycles. The molecule has 1 saturated heterocycles. The van der Waals surface area contributed by atoms with Crippen molar-refractivity contribution in [3.05, 3.63) is 29.6 Å². The van der Waals surface area contributed by atoms with Crippen LogP contribution in [0.1, 0.15) is 50.5 Å². The third-order valence-corrected chi connectivity index (χ3v) is 4.11. The number of unbranched alkanes of at least 4 members (excludes halogenated alkanes) is 2. The molecule has 1 aromatic rings. The van der Waals surface area contributed by atoms with Crippen LogP contribution in [0.5, 0.6) is 5.75 Å². The summed E-state index contributed by atoms with van der Waals surface area (Å²) in [4.78, 5) is 2.52. The van der Waals surface area contributed by atoms with Gasteiger partial charge in [-0.25, -0.2) is 4.39 Å². The molecule has 0 spiro atoms. The minimum Gasteiger partial charge on any atom is -0.505 e. The molecular formula is C16H24FNO. The summed E-state index contributed by atoms with van der Waals surface area (Å²) < 4.78 is 13.0. The van der Waals surface area contributed by atoms with E-state index in [0.29, 0.717) is 5.92 Å². The van der Waals surface area contributed by atoms with Crippen LogP contribution < -0.4 is 0 Å². The lowest BCUT2D eigenvalue weighted by atomic mass is 9.89. The van der Waals surface area contributed by atoms with Crippen molar-refractivity contribution in [2.24, 2.45) is 0 Å². The van der Waals surface area contributed by atoms with Gasteiger partial charge < -0.3 is 10.0 Å². The third kappa shape index (κ3) is 3.93. The van der Waals surface area contributed by atoms with Crippen molar-refractivity contribution in [3.8, 4) is 5.75 Å². The van der Waals surface area contributed by atoms with Gasteiger partial charge in [0.05, 0.1) is 0 Å². The number of piperidine rings is 1. The first-order valence-corrected chi connectivity index (χ1v) is 7.41. The summed E-state index contributed by atoms with van der Waals surface area (Å²) in [6.07, 6.45) is 6.09. The highest BCUT2D eigenvalue weighted by atomic mass is 19.1. The molecule has 1 aromatic carbocycles. The highest BCUT2D eigenvalue weighted by Crippen LogP contribution is 2.30. The van der Waals surface area contributed by atoms with E-state index in [1.54, 1.807) is 6.07 Å². The molecule has 1 aliphatic heterocycles. The summed E-state index contributed by atoms with van der Waals surface area (Å²) in [6, 6.07) is 4.78. The molecule has 3 heteroatoms. The smallest absolute Gasteiger partial charge is 0.164 e. The zero-order valence-corrected chi connectivity index (χ0v) is 11.7. The van der Waals surface area contributed by atoms with E-state index in [2.05, 4.69) is 11.8 Å². The van der Waals surface area contributed by atoms with Crippen molar-refractivity contribution in [1.29, 1.82) is 0 Å². The molecule has 2 nitrogen and oxygen atoms in total. The molecule has 1 N–H and O–H groups in total. The standard InChI is InChI=1S/C16H24FNO/c1-2-3-4-9-18-10-7-13(8-11-18)14-5-6-15(17)16(19)12-14/h5-6,12-13,19H,2-4,7-11H2,1H3. The van der Waals surface area contributed by atoms with Gasteiger partial charge in [0, 0.05) is 0 Å². The van der Waals surface area contributed by atoms with Gasteiger partial charge in [0.1, 0.15) is 0 Å². The maximum absolute atomic E-state index is 13.0. The Bertz CT molecular complexity index is 400. The van der Waals surface area contributed by atoms with E-state index in [0.717, 1.165) is 31.5 Å². The van der Waals surface area contributed by atoms with Gasteiger partial charge in [-0.05, 0) is 62.5 Å². The van der Waals surface area contributed by atoms with Gasteiger partial charge in [-0.3, -0.25) is 0 Å². The van der Waals surface area contributed by atoms with Crippen LogP contribution in [0.2, 0.25) is 0 Å². The predicted octanol–water partition coefficient (Wildman–Crippen LogP) is 3.90. The van der Waals surface area contributed by atoms with Crippen LogP contribution in [0.4, 0.5) is 4.39 Å². The van der Waals surface area contributed by atoms with Gasteiger partial charge in [0.25, 0.3) is 0 Å². The molecule has 0 atom stereocenters. The van der Waals surface area contributed by atoms with E-state index in [1.807, 2.05) is 6.07 Å². The molecule has 1 aliphatic rings. The average Bonchev–Trinajstić information content (AvgIpc) is 2.43. The van der Waals surface area contributed by atoms with Crippen LogP contribution >= 0.6 is 0 Å². The molecule has 0 aliphatic carbocycles. The fourth-order valence-electron chi connectivity index (χ4n) is 2.86. The van der Waals surface area contributed by atoms with Crippen molar-refractivity contribution >= 4 is 0 Å². The molecule has 2 rings (SSSR count). The number of phenolic OH excluding ortho intramolecular Hbond substituents is 1. The van der Waals surface area contributed by atoms with Crippen molar-refractivity contribution in [2.75, 3.05) is 19.6 Å².